The molecular weight excluding hydrogens is 266 g/mol. The molecule has 1 aromatic rings. The van der Waals surface area contributed by atoms with Crippen molar-refractivity contribution in [2.45, 2.75) is 40.2 Å². The van der Waals surface area contributed by atoms with Crippen molar-refractivity contribution < 1.29 is 9.59 Å². The zero-order valence-corrected chi connectivity index (χ0v) is 13.1. The second kappa shape index (κ2) is 6.16. The van der Waals surface area contributed by atoms with E-state index in [0.717, 1.165) is 23.4 Å². The number of fused-ring (bicyclic) bond motifs is 1. The number of rotatable bonds is 4. The summed E-state index contributed by atoms with van der Waals surface area (Å²) >= 11 is 0. The van der Waals surface area contributed by atoms with Gasteiger partial charge in [-0.15, -0.1) is 0 Å². The number of carbonyl (C=O) groups is 2. The van der Waals surface area contributed by atoms with E-state index in [4.69, 9.17) is 0 Å². The van der Waals surface area contributed by atoms with Crippen LogP contribution in [0.1, 0.15) is 31.4 Å². The molecule has 2 amide bonds. The summed E-state index contributed by atoms with van der Waals surface area (Å²) in [4.78, 5) is 25.8. The summed E-state index contributed by atoms with van der Waals surface area (Å²) in [5.41, 5.74) is 3.97. The first-order chi connectivity index (χ1) is 9.92. The molecule has 1 atom stereocenters. The van der Waals surface area contributed by atoms with Crippen LogP contribution in [0, 0.1) is 13.8 Å². The zero-order valence-electron chi connectivity index (χ0n) is 13.1. The molecule has 114 valence electrons. The normalized spacial score (nSPS) is 15.2. The fourth-order valence-electron chi connectivity index (χ4n) is 2.31. The molecule has 0 aliphatic carbocycles. The van der Waals surface area contributed by atoms with E-state index in [1.807, 2.05) is 39.8 Å². The van der Waals surface area contributed by atoms with Gasteiger partial charge in [-0.25, -0.2) is 0 Å². The Morgan fingerprint density at radius 1 is 1.38 bits per heavy atom. The number of carbonyl (C=O) groups excluding carboxylic acids is 2. The van der Waals surface area contributed by atoms with Crippen LogP contribution >= 0.6 is 0 Å². The highest BCUT2D eigenvalue weighted by Gasteiger charge is 2.26. The molecule has 0 saturated heterocycles. The molecule has 5 heteroatoms. The molecule has 0 aromatic heterocycles. The Bertz CT molecular complexity index is 569. The van der Waals surface area contributed by atoms with Crippen LogP contribution in [0.5, 0.6) is 0 Å². The summed E-state index contributed by atoms with van der Waals surface area (Å²) in [5.74, 6) is -0.200. The van der Waals surface area contributed by atoms with Crippen molar-refractivity contribution in [3.63, 3.8) is 0 Å². The average Bonchev–Trinajstić information content (AvgIpc) is 2.44. The number of nitrogens with one attached hydrogen (secondary N) is 2. The van der Waals surface area contributed by atoms with Crippen molar-refractivity contribution in [2.75, 3.05) is 23.3 Å². The molecule has 0 spiro atoms. The molecule has 2 N–H and O–H groups in total. The molecule has 0 saturated carbocycles. The molecule has 5 nitrogen and oxygen atoms in total. The van der Waals surface area contributed by atoms with Crippen molar-refractivity contribution in [1.29, 1.82) is 0 Å². The van der Waals surface area contributed by atoms with Crippen molar-refractivity contribution in [1.82, 2.24) is 5.32 Å². The maximum atomic E-state index is 12.1. The lowest BCUT2D eigenvalue weighted by Crippen LogP contribution is -2.47. The Labute approximate surface area is 125 Å². The summed E-state index contributed by atoms with van der Waals surface area (Å²) in [6.45, 7) is 8.31. The van der Waals surface area contributed by atoms with Crippen LogP contribution in [0.4, 0.5) is 11.4 Å². The second-order valence-electron chi connectivity index (χ2n) is 5.66. The first-order valence-electron chi connectivity index (χ1n) is 7.37. The molecule has 1 aliphatic rings. The first kappa shape index (κ1) is 15.4. The molecule has 1 unspecified atom stereocenters. The quantitative estimate of drug-likeness (QED) is 0.891. The van der Waals surface area contributed by atoms with Gasteiger partial charge in [-0.1, -0.05) is 6.92 Å². The Hall–Kier alpha value is -2.04. The topological polar surface area (TPSA) is 61.4 Å². The van der Waals surface area contributed by atoms with Gasteiger partial charge in [0.05, 0.1) is 17.9 Å². The highest BCUT2D eigenvalue weighted by atomic mass is 16.2. The van der Waals surface area contributed by atoms with Gasteiger partial charge in [-0.3, -0.25) is 14.5 Å². The first-order valence-corrected chi connectivity index (χ1v) is 7.37. The van der Waals surface area contributed by atoms with Gasteiger partial charge in [0.2, 0.25) is 11.8 Å². The van der Waals surface area contributed by atoms with Gasteiger partial charge in [0.1, 0.15) is 6.54 Å². The van der Waals surface area contributed by atoms with E-state index in [1.165, 1.54) is 5.56 Å². The van der Waals surface area contributed by atoms with Crippen LogP contribution in [-0.2, 0) is 9.59 Å². The van der Waals surface area contributed by atoms with E-state index in [2.05, 4.69) is 10.6 Å². The fraction of sp³-hybridized carbons (Fsp3) is 0.500. The Morgan fingerprint density at radius 3 is 2.71 bits per heavy atom. The minimum Gasteiger partial charge on any atom is -0.374 e. The zero-order chi connectivity index (χ0) is 15.6. The Balaban J connectivity index is 2.22. The molecule has 1 aliphatic heterocycles. The summed E-state index contributed by atoms with van der Waals surface area (Å²) in [7, 11) is 0. The summed E-state index contributed by atoms with van der Waals surface area (Å²) in [6.07, 6.45) is 0.871. The highest BCUT2D eigenvalue weighted by molar-refractivity contribution is 6.06. The summed E-state index contributed by atoms with van der Waals surface area (Å²) in [6, 6.07) is 4.11. The molecular formula is C16H23N3O2. The largest absolute Gasteiger partial charge is 0.374 e. The van der Waals surface area contributed by atoms with E-state index in [-0.39, 0.29) is 30.9 Å². The van der Waals surface area contributed by atoms with Gasteiger partial charge >= 0.3 is 0 Å². The van der Waals surface area contributed by atoms with Crippen LogP contribution < -0.4 is 15.5 Å². The second-order valence-corrected chi connectivity index (χ2v) is 5.66. The van der Waals surface area contributed by atoms with Crippen molar-refractivity contribution >= 4 is 23.2 Å². The lowest BCUT2D eigenvalue weighted by atomic mass is 10.1. The number of hydrogen-bond acceptors (Lipinski definition) is 3. The Morgan fingerprint density at radius 2 is 2.05 bits per heavy atom. The number of nitrogens with zero attached hydrogens (tertiary/aromatic N) is 1. The van der Waals surface area contributed by atoms with Crippen molar-refractivity contribution in [3.05, 3.63) is 23.3 Å². The van der Waals surface area contributed by atoms with E-state index >= 15 is 0 Å². The fourth-order valence-corrected chi connectivity index (χ4v) is 2.31. The smallest absolute Gasteiger partial charge is 0.246 e. The molecule has 0 fully saturated rings. The van der Waals surface area contributed by atoms with Gasteiger partial charge in [0, 0.05) is 6.04 Å². The Kier molecular flexibility index (Phi) is 4.50. The maximum absolute atomic E-state index is 12.1. The molecule has 0 radical (unpaired) electrons. The van der Waals surface area contributed by atoms with Crippen LogP contribution in [0.3, 0.4) is 0 Å². The lowest BCUT2D eigenvalue weighted by molar-refractivity contribution is -0.123. The number of aryl methyl sites for hydroxylation is 2. The van der Waals surface area contributed by atoms with Gasteiger partial charge < -0.3 is 10.6 Å². The number of benzene rings is 1. The molecule has 2 rings (SSSR count). The maximum Gasteiger partial charge on any atom is 0.246 e. The monoisotopic (exact) mass is 289 g/mol. The van der Waals surface area contributed by atoms with Crippen LogP contribution in [0.25, 0.3) is 0 Å². The van der Waals surface area contributed by atoms with E-state index in [1.54, 1.807) is 4.90 Å². The molecule has 1 heterocycles. The minimum absolute atomic E-state index is 0.0698. The standard InChI is InChI=1S/C16H23N3O2/c1-5-12(4)18-15(20)9-19-14-7-11(3)10(2)6-13(14)17-8-16(19)21/h6-7,12,17H,5,8-9H2,1-4H3,(H,18,20). The van der Waals surface area contributed by atoms with E-state index in [0.29, 0.717) is 0 Å². The van der Waals surface area contributed by atoms with Crippen LogP contribution in [0.2, 0.25) is 0 Å². The molecule has 0 bridgehead atoms. The number of anilines is 2. The summed E-state index contributed by atoms with van der Waals surface area (Å²) in [5, 5.41) is 6.01. The minimum atomic E-state index is -0.122. The number of amides is 2. The predicted octanol–water partition coefficient (Wildman–Crippen LogP) is 1.98. The van der Waals surface area contributed by atoms with Gasteiger partial charge in [-0.05, 0) is 50.5 Å². The van der Waals surface area contributed by atoms with Crippen LogP contribution in [-0.4, -0.2) is 30.9 Å². The SMILES string of the molecule is CCC(C)NC(=O)CN1C(=O)CNc2cc(C)c(C)cc21. The van der Waals surface area contributed by atoms with E-state index in [9.17, 15) is 9.59 Å². The average molecular weight is 289 g/mol. The predicted molar refractivity (Wildman–Crippen MR) is 84.7 cm³/mol. The van der Waals surface area contributed by atoms with Gasteiger partial charge in [0.25, 0.3) is 0 Å². The third-order valence-corrected chi connectivity index (χ3v) is 3.96. The van der Waals surface area contributed by atoms with Crippen molar-refractivity contribution in [3.8, 4) is 0 Å². The van der Waals surface area contributed by atoms with Gasteiger partial charge in [-0.2, -0.15) is 0 Å². The van der Waals surface area contributed by atoms with Crippen molar-refractivity contribution in [2.24, 2.45) is 0 Å². The highest BCUT2D eigenvalue weighted by Crippen LogP contribution is 2.32. The van der Waals surface area contributed by atoms with Gasteiger partial charge in [0.15, 0.2) is 0 Å². The third kappa shape index (κ3) is 3.35. The van der Waals surface area contributed by atoms with E-state index < -0.39 is 0 Å². The molecule has 21 heavy (non-hydrogen) atoms. The van der Waals surface area contributed by atoms with Crippen LogP contribution in [0.15, 0.2) is 12.1 Å². The summed E-state index contributed by atoms with van der Waals surface area (Å²) < 4.78 is 0. The molecule has 1 aromatic carbocycles. The third-order valence-electron chi connectivity index (χ3n) is 3.96. The lowest BCUT2D eigenvalue weighted by Gasteiger charge is -2.31. The number of hydrogen-bond donors (Lipinski definition) is 2.